The molecule has 0 atom stereocenters. The number of anilines is 2. The molecule has 0 unspecified atom stereocenters. The first-order valence-electron chi connectivity index (χ1n) is 14.7. The average Bonchev–Trinajstić information content (AvgIpc) is 3.01. The topological polar surface area (TPSA) is 230 Å². The molecule has 14 nitrogen and oxygen atoms in total. The van der Waals surface area contributed by atoms with Crippen molar-refractivity contribution in [3.8, 4) is 23.0 Å². The van der Waals surface area contributed by atoms with E-state index < -0.39 is 17.5 Å². The molecule has 1 aliphatic rings. The smallest absolute Gasteiger partial charge is 0.342 e. The number of carbonyl (C=O) groups excluding carboxylic acids is 3. The molecule has 0 fully saturated rings. The number of aromatic hydroxyl groups is 4. The zero-order valence-corrected chi connectivity index (χ0v) is 28.1. The number of benzene rings is 3. The molecule has 0 bridgehead atoms. The second kappa shape index (κ2) is 20.1. The second-order valence-electron chi connectivity index (χ2n) is 10.1. The number of phenols is 4. The van der Waals surface area contributed by atoms with Gasteiger partial charge in [-0.2, -0.15) is 0 Å². The first kappa shape index (κ1) is 41.7. The minimum Gasteiger partial charge on any atom is -0.508 e. The lowest BCUT2D eigenvalue weighted by Crippen LogP contribution is -2.28. The Balaban J connectivity index is 0.000000609. The third-order valence-corrected chi connectivity index (χ3v) is 6.87. The van der Waals surface area contributed by atoms with Gasteiger partial charge in [-0.25, -0.2) is 4.79 Å². The van der Waals surface area contributed by atoms with E-state index in [1.54, 1.807) is 26.0 Å². The highest BCUT2D eigenvalue weighted by atomic mass is 35.5. The van der Waals surface area contributed by atoms with Gasteiger partial charge in [-0.05, 0) is 49.7 Å². The van der Waals surface area contributed by atoms with Crippen LogP contribution in [0.15, 0.2) is 36.4 Å². The van der Waals surface area contributed by atoms with Crippen molar-refractivity contribution in [2.75, 3.05) is 69.7 Å². The number of esters is 1. The van der Waals surface area contributed by atoms with Crippen molar-refractivity contribution in [2.24, 2.45) is 0 Å². The predicted molar refractivity (Wildman–Crippen MR) is 185 cm³/mol. The first-order valence-corrected chi connectivity index (χ1v) is 14.7. The first-order chi connectivity index (χ1) is 22.1. The molecule has 0 heterocycles. The fraction of sp³-hybridized carbons (Fsp3) is 0.344. The van der Waals surface area contributed by atoms with Crippen LogP contribution < -0.4 is 21.3 Å². The quantitative estimate of drug-likeness (QED) is 0.0514. The Hall–Kier alpha value is -4.31. The van der Waals surface area contributed by atoms with Crippen LogP contribution in [-0.2, 0) is 4.74 Å². The van der Waals surface area contributed by atoms with Crippen molar-refractivity contribution in [3.05, 3.63) is 69.8 Å². The number of ether oxygens (including phenoxy) is 1. The molecule has 264 valence electrons. The fourth-order valence-corrected chi connectivity index (χ4v) is 4.86. The summed E-state index contributed by atoms with van der Waals surface area (Å²) in [6.07, 6.45) is 0. The lowest BCUT2D eigenvalue weighted by atomic mass is 9.81. The molecule has 0 saturated heterocycles. The lowest BCUT2D eigenvalue weighted by molar-refractivity contribution is 0.0522. The Morgan fingerprint density at radius 2 is 1.12 bits per heavy atom. The summed E-state index contributed by atoms with van der Waals surface area (Å²) in [5.74, 6) is -2.78. The Bertz CT molecular complexity index is 1470. The molecule has 3 aromatic rings. The predicted octanol–water partition coefficient (Wildman–Crippen LogP) is 2.29. The molecule has 16 heteroatoms. The van der Waals surface area contributed by atoms with Crippen molar-refractivity contribution >= 4 is 53.7 Å². The second-order valence-corrected chi connectivity index (χ2v) is 10.1. The summed E-state index contributed by atoms with van der Waals surface area (Å²) in [4.78, 5) is 38.1. The Morgan fingerprint density at radius 1 is 0.667 bits per heavy atom. The molecule has 10 N–H and O–H groups in total. The summed E-state index contributed by atoms with van der Waals surface area (Å²) in [6.45, 7) is 6.36. The van der Waals surface area contributed by atoms with Crippen molar-refractivity contribution in [2.45, 2.75) is 13.8 Å². The minimum atomic E-state index is -0.581. The molecule has 1 aliphatic carbocycles. The summed E-state index contributed by atoms with van der Waals surface area (Å²) in [7, 11) is 0. The van der Waals surface area contributed by atoms with Gasteiger partial charge in [0.25, 0.3) is 0 Å². The average molecular weight is 714 g/mol. The summed E-state index contributed by atoms with van der Waals surface area (Å²) >= 11 is 0. The van der Waals surface area contributed by atoms with Gasteiger partial charge in [0.1, 0.15) is 28.6 Å². The third kappa shape index (κ3) is 10.1. The van der Waals surface area contributed by atoms with Gasteiger partial charge in [0.15, 0.2) is 0 Å². The van der Waals surface area contributed by atoms with Gasteiger partial charge < -0.3 is 56.6 Å². The number of rotatable bonds is 14. The van der Waals surface area contributed by atoms with Crippen LogP contribution in [-0.4, -0.2) is 107 Å². The van der Waals surface area contributed by atoms with E-state index in [1.807, 2.05) is 0 Å². The zero-order valence-electron chi connectivity index (χ0n) is 26.5. The van der Waals surface area contributed by atoms with Crippen LogP contribution in [0.2, 0.25) is 0 Å². The number of hydrogen-bond donors (Lipinski definition) is 10. The summed E-state index contributed by atoms with van der Waals surface area (Å²) in [5, 5.41) is 69.1. The standard InChI is InChI=1S/C22H28N4O6.C10H12O4.2ClH/c27-11-9-23-5-7-25-13-1-2-14(26-8-6-24-10-12-28)18-17(13)21(31)19-15(29)3-4-16(30)20(19)22(18)32;1-3-14-10(13)9-6(2)4-7(11)5-8(9)12;;/h1-4,23-30H,5-12H2;4-5,11-12H,3H2,1-2H3;2*1H. The fourth-order valence-electron chi connectivity index (χ4n) is 4.86. The van der Waals surface area contributed by atoms with Gasteiger partial charge in [-0.3, -0.25) is 9.59 Å². The van der Waals surface area contributed by atoms with Crippen LogP contribution in [0.25, 0.3) is 0 Å². The molecular formula is C32H42Cl2N4O10. The Kier molecular flexibility index (Phi) is 17.5. The van der Waals surface area contributed by atoms with E-state index in [0.29, 0.717) is 56.2 Å². The highest BCUT2D eigenvalue weighted by Gasteiger charge is 2.37. The number of nitrogens with one attached hydrogen (secondary N) is 4. The third-order valence-electron chi connectivity index (χ3n) is 6.87. The zero-order chi connectivity index (χ0) is 33.8. The van der Waals surface area contributed by atoms with Crippen molar-refractivity contribution < 1.29 is 49.8 Å². The van der Waals surface area contributed by atoms with Crippen LogP contribution >= 0.6 is 24.8 Å². The largest absolute Gasteiger partial charge is 0.508 e. The van der Waals surface area contributed by atoms with Gasteiger partial charge in [0.2, 0.25) is 11.6 Å². The van der Waals surface area contributed by atoms with Crippen LogP contribution in [0.3, 0.4) is 0 Å². The number of carbonyl (C=O) groups is 3. The van der Waals surface area contributed by atoms with Crippen molar-refractivity contribution in [1.29, 1.82) is 0 Å². The Labute approximate surface area is 290 Å². The molecule has 0 aliphatic heterocycles. The SMILES string of the molecule is CCOC(=O)c1c(C)cc(O)cc1O.Cl.Cl.O=C1c2c(O)ccc(O)c2C(=O)c2c(NCCNCCO)ccc(NCCNCCO)c21. The van der Waals surface area contributed by atoms with Crippen LogP contribution in [0.4, 0.5) is 11.4 Å². The molecule has 0 saturated carbocycles. The number of ketones is 2. The van der Waals surface area contributed by atoms with Crippen LogP contribution in [0.1, 0.15) is 54.7 Å². The summed E-state index contributed by atoms with van der Waals surface area (Å²) < 4.78 is 4.75. The highest BCUT2D eigenvalue weighted by Crippen LogP contribution is 2.42. The maximum Gasteiger partial charge on any atom is 0.342 e. The number of halogens is 2. The Morgan fingerprint density at radius 3 is 1.52 bits per heavy atom. The lowest BCUT2D eigenvalue weighted by Gasteiger charge is -2.25. The monoisotopic (exact) mass is 712 g/mol. The summed E-state index contributed by atoms with van der Waals surface area (Å²) in [5.41, 5.74) is 1.27. The van der Waals surface area contributed by atoms with Crippen LogP contribution in [0, 0.1) is 6.92 Å². The van der Waals surface area contributed by atoms with E-state index in [-0.39, 0.29) is 95.5 Å². The van der Waals surface area contributed by atoms with E-state index in [9.17, 15) is 29.7 Å². The molecule has 48 heavy (non-hydrogen) atoms. The highest BCUT2D eigenvalue weighted by molar-refractivity contribution is 6.33. The minimum absolute atomic E-state index is 0. The van der Waals surface area contributed by atoms with Gasteiger partial charge in [0.05, 0.1) is 42.1 Å². The maximum atomic E-state index is 13.4. The van der Waals surface area contributed by atoms with E-state index in [0.717, 1.165) is 6.07 Å². The normalized spacial score (nSPS) is 11.2. The molecule has 0 aromatic heterocycles. The maximum absolute atomic E-state index is 13.4. The molecule has 0 amide bonds. The van der Waals surface area contributed by atoms with E-state index >= 15 is 0 Å². The molecule has 0 radical (unpaired) electrons. The molecule has 0 spiro atoms. The summed E-state index contributed by atoms with van der Waals surface area (Å²) in [6, 6.07) is 8.25. The number of aliphatic hydroxyl groups excluding tert-OH is 2. The number of fused-ring (bicyclic) bond motifs is 2. The van der Waals surface area contributed by atoms with E-state index in [1.165, 1.54) is 18.2 Å². The van der Waals surface area contributed by atoms with Gasteiger partial charge >= 0.3 is 5.97 Å². The van der Waals surface area contributed by atoms with Crippen molar-refractivity contribution in [1.82, 2.24) is 10.6 Å². The number of hydrogen-bond acceptors (Lipinski definition) is 14. The number of aliphatic hydroxyl groups is 2. The number of phenolic OH excluding ortho intramolecular Hbond substituents is 4. The van der Waals surface area contributed by atoms with Crippen LogP contribution in [0.5, 0.6) is 23.0 Å². The van der Waals surface area contributed by atoms with E-state index in [2.05, 4.69) is 21.3 Å². The van der Waals surface area contributed by atoms with E-state index in [4.69, 9.17) is 20.1 Å². The number of aryl methyl sites for hydroxylation is 1. The van der Waals surface area contributed by atoms with Gasteiger partial charge in [-0.1, -0.05) is 0 Å². The van der Waals surface area contributed by atoms with Crippen molar-refractivity contribution in [3.63, 3.8) is 0 Å². The van der Waals surface area contributed by atoms with Gasteiger partial charge in [-0.15, -0.1) is 24.8 Å². The molecule has 4 rings (SSSR count). The molecular weight excluding hydrogens is 671 g/mol. The van der Waals surface area contributed by atoms with Gasteiger partial charge in [0, 0.05) is 56.7 Å². The molecule has 3 aromatic carbocycles.